The fraction of sp³-hybridized carbons (Fsp3) is 0.706. The van der Waals surface area contributed by atoms with E-state index in [1.165, 1.54) is 19.3 Å². The Kier molecular flexibility index (Phi) is 4.20. The van der Waals surface area contributed by atoms with E-state index in [1.54, 1.807) is 0 Å². The molecule has 1 unspecified atom stereocenters. The molecule has 2 aromatic heterocycles. The van der Waals surface area contributed by atoms with E-state index in [-0.39, 0.29) is 11.5 Å². The van der Waals surface area contributed by atoms with Gasteiger partial charge in [-0.25, -0.2) is 9.67 Å². The van der Waals surface area contributed by atoms with Crippen molar-refractivity contribution in [2.45, 2.75) is 63.8 Å². The summed E-state index contributed by atoms with van der Waals surface area (Å²) in [6.07, 6.45) is 8.04. The molecule has 2 aromatic rings. The normalized spacial score (nSPS) is 23.8. The van der Waals surface area contributed by atoms with Gasteiger partial charge in [0.1, 0.15) is 11.2 Å². The number of nitrogens with zero attached hydrogens (tertiary/aromatic N) is 4. The summed E-state index contributed by atoms with van der Waals surface area (Å²) in [5.41, 5.74) is 1.47. The van der Waals surface area contributed by atoms with Gasteiger partial charge >= 0.3 is 0 Å². The molecule has 0 bridgehead atoms. The zero-order valence-corrected chi connectivity index (χ0v) is 14.3. The number of nitrogens with one attached hydrogen (secondary N) is 1. The smallest absolute Gasteiger partial charge is 0.262 e. The third-order valence-electron chi connectivity index (χ3n) is 5.52. The number of fused-ring (bicyclic) bond motifs is 1. The Morgan fingerprint density at radius 1 is 1.17 bits per heavy atom. The summed E-state index contributed by atoms with van der Waals surface area (Å²) in [4.78, 5) is 22.3. The summed E-state index contributed by atoms with van der Waals surface area (Å²) < 4.78 is 2.02. The van der Waals surface area contributed by atoms with Gasteiger partial charge in [-0.05, 0) is 45.7 Å². The van der Waals surface area contributed by atoms with Crippen LogP contribution in [0.25, 0.3) is 11.0 Å². The molecule has 4 rings (SSSR count). The number of aryl methyl sites for hydroxylation is 1. The monoisotopic (exact) mass is 325 g/mol. The van der Waals surface area contributed by atoms with E-state index in [2.05, 4.69) is 10.1 Å². The minimum atomic E-state index is -0.0660. The second kappa shape index (κ2) is 6.35. The van der Waals surface area contributed by atoms with Crippen molar-refractivity contribution in [3.8, 4) is 0 Å². The molecule has 7 heteroatoms. The van der Waals surface area contributed by atoms with E-state index in [0.29, 0.717) is 11.4 Å². The van der Waals surface area contributed by atoms with Gasteiger partial charge in [-0.2, -0.15) is 5.10 Å². The van der Waals surface area contributed by atoms with Crippen LogP contribution in [0.3, 0.4) is 0 Å². The number of H-pyrrole nitrogens is 1. The van der Waals surface area contributed by atoms with Crippen LogP contribution in [-0.4, -0.2) is 45.6 Å². The number of hydrogen-bond donors (Lipinski definition) is 1. The first-order valence-corrected chi connectivity index (χ1v) is 9.12. The highest BCUT2D eigenvalue weighted by atomic mass is 16.1. The van der Waals surface area contributed by atoms with Gasteiger partial charge in [0.15, 0.2) is 13.6 Å². The Hall–Kier alpha value is -1.63. The van der Waals surface area contributed by atoms with Crippen molar-refractivity contribution in [3.63, 3.8) is 0 Å². The fourth-order valence-corrected chi connectivity index (χ4v) is 4.23. The minimum absolute atomic E-state index is 0.0660. The Labute approximate surface area is 143 Å². The molecule has 2 fully saturated rings. The summed E-state index contributed by atoms with van der Waals surface area (Å²) in [6.45, 7) is 3.55. The zero-order valence-electron chi connectivity index (χ0n) is 14.3. The van der Waals surface area contributed by atoms with E-state index in [9.17, 15) is 4.79 Å². The molecule has 1 N–H and O–H groups in total. The molecule has 1 aliphatic heterocycles. The quantitative estimate of drug-likeness (QED) is 0.860. The van der Waals surface area contributed by atoms with Crippen LogP contribution in [0.15, 0.2) is 4.79 Å². The summed E-state index contributed by atoms with van der Waals surface area (Å²) in [7, 11) is 5.96. The third kappa shape index (κ3) is 2.79. The molecule has 24 heavy (non-hydrogen) atoms. The Bertz CT molecular complexity index is 792. The predicted octanol–water partition coefficient (Wildman–Crippen LogP) is 2.20. The van der Waals surface area contributed by atoms with E-state index < -0.39 is 0 Å². The van der Waals surface area contributed by atoms with Crippen LogP contribution in [-0.2, 0) is 0 Å². The Morgan fingerprint density at radius 3 is 2.71 bits per heavy atom. The standard InChI is InChI=1S/C17H24BN5O/c1-11-14-16(23(21-11)13-7-3-2-4-8-13)19-15(20-17(14)24)12-6-5-9-22(18)10-12/h12-13H,2-10H2,1H3,(H,19,20,24). The molecular weight excluding hydrogens is 301 g/mol. The summed E-state index contributed by atoms with van der Waals surface area (Å²) in [5.74, 6) is 0.954. The molecule has 1 atom stereocenters. The van der Waals surface area contributed by atoms with Crippen molar-refractivity contribution < 1.29 is 0 Å². The van der Waals surface area contributed by atoms with Crippen LogP contribution in [0.2, 0.25) is 0 Å². The van der Waals surface area contributed by atoms with Gasteiger partial charge in [-0.1, -0.05) is 19.3 Å². The van der Waals surface area contributed by atoms with Crippen molar-refractivity contribution in [2.75, 3.05) is 13.1 Å². The molecular formula is C17H24BN5O. The summed E-state index contributed by atoms with van der Waals surface area (Å²) >= 11 is 0. The lowest BCUT2D eigenvalue weighted by Crippen LogP contribution is -2.33. The molecule has 2 radical (unpaired) electrons. The van der Waals surface area contributed by atoms with E-state index in [0.717, 1.165) is 55.9 Å². The highest BCUT2D eigenvalue weighted by Crippen LogP contribution is 2.31. The second-order valence-corrected chi connectivity index (χ2v) is 7.31. The maximum Gasteiger partial charge on any atom is 0.262 e. The van der Waals surface area contributed by atoms with Crippen LogP contribution in [0.1, 0.15) is 68.4 Å². The van der Waals surface area contributed by atoms with Gasteiger partial charge in [0.2, 0.25) is 0 Å². The molecule has 0 aromatic carbocycles. The van der Waals surface area contributed by atoms with Crippen LogP contribution in [0, 0.1) is 6.92 Å². The zero-order chi connectivity index (χ0) is 16.7. The first-order valence-electron chi connectivity index (χ1n) is 9.12. The van der Waals surface area contributed by atoms with E-state index in [4.69, 9.17) is 13.0 Å². The first kappa shape index (κ1) is 15.9. The van der Waals surface area contributed by atoms with Crippen molar-refractivity contribution in [2.24, 2.45) is 0 Å². The van der Waals surface area contributed by atoms with E-state index >= 15 is 0 Å². The van der Waals surface area contributed by atoms with Gasteiger partial charge in [0.05, 0.1) is 11.7 Å². The molecule has 1 saturated carbocycles. The summed E-state index contributed by atoms with van der Waals surface area (Å²) in [5, 5.41) is 5.32. The predicted molar refractivity (Wildman–Crippen MR) is 94.3 cm³/mol. The first-order chi connectivity index (χ1) is 11.6. The number of aromatic amines is 1. The summed E-state index contributed by atoms with van der Waals surface area (Å²) in [6, 6.07) is 0.370. The van der Waals surface area contributed by atoms with Crippen LogP contribution >= 0.6 is 0 Å². The van der Waals surface area contributed by atoms with Crippen molar-refractivity contribution in [1.82, 2.24) is 24.6 Å². The van der Waals surface area contributed by atoms with Gasteiger partial charge in [0.25, 0.3) is 5.56 Å². The maximum absolute atomic E-state index is 12.6. The molecule has 1 aliphatic carbocycles. The molecule has 0 spiro atoms. The SMILES string of the molecule is [B]N1CCCC(c2nc3c(c(C)nn3C3CCCCC3)c(=O)[nH]2)C1. The van der Waals surface area contributed by atoms with Crippen molar-refractivity contribution in [1.29, 1.82) is 0 Å². The van der Waals surface area contributed by atoms with Crippen molar-refractivity contribution in [3.05, 3.63) is 21.9 Å². The number of aromatic nitrogens is 4. The van der Waals surface area contributed by atoms with Gasteiger partial charge < -0.3 is 9.79 Å². The highest BCUT2D eigenvalue weighted by molar-refractivity contribution is 6.04. The second-order valence-electron chi connectivity index (χ2n) is 7.31. The lowest BCUT2D eigenvalue weighted by atomic mass is 9.95. The van der Waals surface area contributed by atoms with E-state index in [1.807, 2.05) is 16.4 Å². The molecule has 126 valence electrons. The fourth-order valence-electron chi connectivity index (χ4n) is 4.23. The largest absolute Gasteiger partial charge is 0.353 e. The van der Waals surface area contributed by atoms with Crippen LogP contribution < -0.4 is 5.56 Å². The number of rotatable bonds is 2. The van der Waals surface area contributed by atoms with Crippen molar-refractivity contribution >= 4 is 19.0 Å². The number of piperidine rings is 1. The van der Waals surface area contributed by atoms with Crippen LogP contribution in [0.4, 0.5) is 0 Å². The molecule has 2 aliphatic rings. The molecule has 6 nitrogen and oxygen atoms in total. The van der Waals surface area contributed by atoms with Gasteiger partial charge in [0, 0.05) is 5.92 Å². The van der Waals surface area contributed by atoms with Crippen LogP contribution in [0.5, 0.6) is 0 Å². The molecule has 1 saturated heterocycles. The minimum Gasteiger partial charge on any atom is -0.353 e. The topological polar surface area (TPSA) is 66.8 Å². The average molecular weight is 325 g/mol. The molecule has 3 heterocycles. The molecule has 0 amide bonds. The average Bonchev–Trinajstić information content (AvgIpc) is 2.93. The Morgan fingerprint density at radius 2 is 1.96 bits per heavy atom. The van der Waals surface area contributed by atoms with Gasteiger partial charge in [-0.15, -0.1) is 0 Å². The van der Waals surface area contributed by atoms with Gasteiger partial charge in [-0.3, -0.25) is 4.79 Å². The maximum atomic E-state index is 12.6. The highest BCUT2D eigenvalue weighted by Gasteiger charge is 2.25. The lowest BCUT2D eigenvalue weighted by Gasteiger charge is -2.29. The Balaban J connectivity index is 1.79. The third-order valence-corrected chi connectivity index (χ3v) is 5.52. The lowest BCUT2D eigenvalue weighted by molar-refractivity contribution is 0.321. The number of hydrogen-bond acceptors (Lipinski definition) is 4.